The number of rotatable bonds is 5. The summed E-state index contributed by atoms with van der Waals surface area (Å²) in [6, 6.07) is 13.0. The lowest BCUT2D eigenvalue weighted by atomic mass is 10.1. The minimum absolute atomic E-state index is 0.121. The third-order valence-electron chi connectivity index (χ3n) is 4.53. The molecule has 0 unspecified atom stereocenters. The van der Waals surface area contributed by atoms with Crippen LogP contribution < -0.4 is 20.3 Å². The zero-order valence-electron chi connectivity index (χ0n) is 14.9. The first-order valence-electron chi connectivity index (χ1n) is 8.72. The van der Waals surface area contributed by atoms with E-state index in [2.05, 4.69) is 10.4 Å². The fourth-order valence-electron chi connectivity index (χ4n) is 3.16. The molecule has 0 spiro atoms. The van der Waals surface area contributed by atoms with Crippen molar-refractivity contribution in [3.63, 3.8) is 0 Å². The van der Waals surface area contributed by atoms with Crippen molar-refractivity contribution >= 4 is 16.7 Å². The van der Waals surface area contributed by atoms with E-state index in [1.807, 2.05) is 30.3 Å². The molecule has 7 heteroatoms. The number of benzene rings is 2. The summed E-state index contributed by atoms with van der Waals surface area (Å²) in [5, 5.41) is 8.45. The van der Waals surface area contributed by atoms with E-state index in [1.54, 1.807) is 19.2 Å². The largest absolute Gasteiger partial charge is 0.454 e. The van der Waals surface area contributed by atoms with E-state index in [0.29, 0.717) is 29.4 Å². The van der Waals surface area contributed by atoms with E-state index < -0.39 is 0 Å². The SMILES string of the molecule is Cn1nc(CC(=O)NCCc2ccc3c(c2)OCO3)c2ccccc2c1=O. The van der Waals surface area contributed by atoms with E-state index in [0.717, 1.165) is 17.1 Å². The van der Waals surface area contributed by atoms with Gasteiger partial charge in [0.15, 0.2) is 11.5 Å². The molecule has 0 aliphatic carbocycles. The number of nitrogens with one attached hydrogen (secondary N) is 1. The first-order valence-corrected chi connectivity index (χ1v) is 8.72. The van der Waals surface area contributed by atoms with Gasteiger partial charge in [0.05, 0.1) is 17.5 Å². The molecule has 1 N–H and O–H groups in total. The van der Waals surface area contributed by atoms with Crippen LogP contribution in [0.25, 0.3) is 10.8 Å². The van der Waals surface area contributed by atoms with Crippen molar-refractivity contribution in [3.05, 3.63) is 64.1 Å². The second-order valence-electron chi connectivity index (χ2n) is 6.39. The summed E-state index contributed by atoms with van der Waals surface area (Å²) < 4.78 is 11.9. The Morgan fingerprint density at radius 1 is 1.15 bits per heavy atom. The van der Waals surface area contributed by atoms with Crippen molar-refractivity contribution in [2.75, 3.05) is 13.3 Å². The number of ether oxygens (including phenoxy) is 2. The number of amides is 1. The summed E-state index contributed by atoms with van der Waals surface area (Å²) in [7, 11) is 1.59. The van der Waals surface area contributed by atoms with Gasteiger partial charge in [0.1, 0.15) is 0 Å². The van der Waals surface area contributed by atoms with Crippen LogP contribution in [0.3, 0.4) is 0 Å². The molecule has 0 bridgehead atoms. The van der Waals surface area contributed by atoms with Crippen LogP contribution in [-0.4, -0.2) is 29.0 Å². The highest BCUT2D eigenvalue weighted by Crippen LogP contribution is 2.32. The fourth-order valence-corrected chi connectivity index (χ4v) is 3.16. The van der Waals surface area contributed by atoms with Crippen molar-refractivity contribution in [3.8, 4) is 11.5 Å². The van der Waals surface area contributed by atoms with Crippen molar-refractivity contribution in [1.29, 1.82) is 0 Å². The van der Waals surface area contributed by atoms with Crippen molar-refractivity contribution < 1.29 is 14.3 Å². The average Bonchev–Trinajstić information content (AvgIpc) is 3.14. The number of hydrogen-bond acceptors (Lipinski definition) is 5. The highest BCUT2D eigenvalue weighted by molar-refractivity contribution is 5.88. The molecule has 1 aliphatic rings. The number of carbonyl (C=O) groups is 1. The van der Waals surface area contributed by atoms with Crippen LogP contribution in [0, 0.1) is 0 Å². The van der Waals surface area contributed by atoms with E-state index in [-0.39, 0.29) is 24.7 Å². The van der Waals surface area contributed by atoms with Crippen LogP contribution in [0.4, 0.5) is 0 Å². The van der Waals surface area contributed by atoms with Crippen molar-refractivity contribution in [1.82, 2.24) is 15.1 Å². The van der Waals surface area contributed by atoms with Gasteiger partial charge in [0.2, 0.25) is 12.7 Å². The lowest BCUT2D eigenvalue weighted by Gasteiger charge is -2.09. The van der Waals surface area contributed by atoms with Gasteiger partial charge in [-0.3, -0.25) is 9.59 Å². The number of fused-ring (bicyclic) bond motifs is 2. The van der Waals surface area contributed by atoms with Gasteiger partial charge in [-0.25, -0.2) is 4.68 Å². The number of aryl methyl sites for hydroxylation is 1. The predicted molar refractivity (Wildman–Crippen MR) is 100.0 cm³/mol. The molecule has 7 nitrogen and oxygen atoms in total. The quantitative estimate of drug-likeness (QED) is 0.742. The zero-order valence-corrected chi connectivity index (χ0v) is 14.9. The molecular formula is C20H19N3O4. The van der Waals surface area contributed by atoms with Crippen LogP contribution in [-0.2, 0) is 24.7 Å². The molecule has 0 radical (unpaired) electrons. The Labute approximate surface area is 155 Å². The zero-order chi connectivity index (χ0) is 18.8. The lowest BCUT2D eigenvalue weighted by molar-refractivity contribution is -0.120. The third kappa shape index (κ3) is 3.48. The van der Waals surface area contributed by atoms with Crippen LogP contribution in [0.15, 0.2) is 47.3 Å². The number of aromatic nitrogens is 2. The van der Waals surface area contributed by atoms with Gasteiger partial charge >= 0.3 is 0 Å². The highest BCUT2D eigenvalue weighted by Gasteiger charge is 2.14. The Hall–Kier alpha value is -3.35. The molecular weight excluding hydrogens is 346 g/mol. The first kappa shape index (κ1) is 17.1. The van der Waals surface area contributed by atoms with Crippen LogP contribution in [0.2, 0.25) is 0 Å². The molecule has 3 aromatic rings. The second kappa shape index (κ2) is 7.11. The van der Waals surface area contributed by atoms with Gasteiger partial charge in [0, 0.05) is 19.0 Å². The normalized spacial score (nSPS) is 12.3. The molecule has 1 aromatic heterocycles. The summed E-state index contributed by atoms with van der Waals surface area (Å²) in [5.74, 6) is 1.35. The standard InChI is InChI=1S/C20H19N3O4/c1-23-20(25)15-5-3-2-4-14(15)16(22-23)11-19(24)21-9-8-13-6-7-17-18(10-13)27-12-26-17/h2-7,10H,8-9,11-12H2,1H3,(H,21,24). The van der Waals surface area contributed by atoms with Gasteiger partial charge in [0.25, 0.3) is 5.56 Å². The van der Waals surface area contributed by atoms with E-state index in [1.165, 1.54) is 4.68 Å². The fraction of sp³-hybridized carbons (Fsp3) is 0.250. The van der Waals surface area contributed by atoms with Crippen LogP contribution in [0.1, 0.15) is 11.3 Å². The summed E-state index contributed by atoms with van der Waals surface area (Å²) in [5.41, 5.74) is 1.48. The maximum atomic E-state index is 12.3. The molecule has 0 saturated carbocycles. The number of nitrogens with zero attached hydrogens (tertiary/aromatic N) is 2. The van der Waals surface area contributed by atoms with E-state index in [9.17, 15) is 9.59 Å². The Balaban J connectivity index is 1.41. The topological polar surface area (TPSA) is 82.5 Å². The van der Waals surface area contributed by atoms with Crippen LogP contribution in [0.5, 0.6) is 11.5 Å². The minimum atomic E-state index is -0.169. The van der Waals surface area contributed by atoms with Gasteiger partial charge in [-0.05, 0) is 30.2 Å². The molecule has 0 fully saturated rings. The predicted octanol–water partition coefficient (Wildman–Crippen LogP) is 1.56. The second-order valence-corrected chi connectivity index (χ2v) is 6.39. The molecule has 1 amide bonds. The monoisotopic (exact) mass is 365 g/mol. The summed E-state index contributed by atoms with van der Waals surface area (Å²) in [6.45, 7) is 0.748. The molecule has 27 heavy (non-hydrogen) atoms. The molecule has 0 atom stereocenters. The van der Waals surface area contributed by atoms with Gasteiger partial charge < -0.3 is 14.8 Å². The van der Waals surface area contributed by atoms with E-state index >= 15 is 0 Å². The summed E-state index contributed by atoms with van der Waals surface area (Å²) in [6.07, 6.45) is 0.805. The Morgan fingerprint density at radius 2 is 1.93 bits per heavy atom. The molecule has 2 heterocycles. The third-order valence-corrected chi connectivity index (χ3v) is 4.53. The number of hydrogen-bond donors (Lipinski definition) is 1. The average molecular weight is 365 g/mol. The number of carbonyl (C=O) groups excluding carboxylic acids is 1. The smallest absolute Gasteiger partial charge is 0.274 e. The Morgan fingerprint density at radius 3 is 2.78 bits per heavy atom. The van der Waals surface area contributed by atoms with Crippen molar-refractivity contribution in [2.45, 2.75) is 12.8 Å². The maximum Gasteiger partial charge on any atom is 0.274 e. The van der Waals surface area contributed by atoms with Crippen molar-refractivity contribution in [2.24, 2.45) is 7.05 Å². The van der Waals surface area contributed by atoms with Gasteiger partial charge in [-0.2, -0.15) is 5.10 Å². The highest BCUT2D eigenvalue weighted by atomic mass is 16.7. The first-order chi connectivity index (χ1) is 13.1. The van der Waals surface area contributed by atoms with Gasteiger partial charge in [-0.15, -0.1) is 0 Å². The van der Waals surface area contributed by atoms with E-state index in [4.69, 9.17) is 9.47 Å². The minimum Gasteiger partial charge on any atom is -0.454 e. The molecule has 2 aromatic carbocycles. The molecule has 1 aliphatic heterocycles. The van der Waals surface area contributed by atoms with Crippen LogP contribution >= 0.6 is 0 Å². The summed E-state index contributed by atoms with van der Waals surface area (Å²) >= 11 is 0. The maximum absolute atomic E-state index is 12.3. The Kier molecular flexibility index (Phi) is 4.50. The molecule has 138 valence electrons. The molecule has 4 rings (SSSR count). The van der Waals surface area contributed by atoms with Gasteiger partial charge in [-0.1, -0.05) is 24.3 Å². The summed E-state index contributed by atoms with van der Waals surface area (Å²) in [4.78, 5) is 24.5. The lowest BCUT2D eigenvalue weighted by Crippen LogP contribution is -2.29. The molecule has 0 saturated heterocycles. The Bertz CT molecular complexity index is 1070.